The molecule has 0 aromatic heterocycles. The molecule has 3 heteroatoms. The fourth-order valence-electron chi connectivity index (χ4n) is 1.91. The average Bonchev–Trinajstić information content (AvgIpc) is 2.48. The summed E-state index contributed by atoms with van der Waals surface area (Å²) < 4.78 is 5.63. The maximum atomic E-state index is 5.89. The maximum absolute atomic E-state index is 5.89. The number of nitrogens with one attached hydrogen (secondary N) is 1. The normalized spacial score (nSPS) is 47.1. The van der Waals surface area contributed by atoms with Crippen LogP contribution in [0.25, 0.3) is 0 Å². The summed E-state index contributed by atoms with van der Waals surface area (Å²) in [6.45, 7) is 2.77. The van der Waals surface area contributed by atoms with Gasteiger partial charge < -0.3 is 15.8 Å². The van der Waals surface area contributed by atoms with Crippen molar-refractivity contribution >= 4 is 0 Å². The van der Waals surface area contributed by atoms with E-state index in [1.165, 1.54) is 6.42 Å². The van der Waals surface area contributed by atoms with Gasteiger partial charge in [-0.2, -0.15) is 0 Å². The van der Waals surface area contributed by atoms with E-state index in [9.17, 15) is 0 Å². The van der Waals surface area contributed by atoms with Crippen molar-refractivity contribution < 1.29 is 4.74 Å². The first-order valence-electron chi connectivity index (χ1n) is 3.94. The first-order valence-corrected chi connectivity index (χ1v) is 3.94. The van der Waals surface area contributed by atoms with Crippen LogP contribution in [0.2, 0.25) is 0 Å². The van der Waals surface area contributed by atoms with Gasteiger partial charge in [-0.3, -0.25) is 0 Å². The Morgan fingerprint density at radius 3 is 3.00 bits per heavy atom. The zero-order chi connectivity index (χ0) is 7.03. The van der Waals surface area contributed by atoms with Crippen molar-refractivity contribution in [1.82, 2.24) is 5.32 Å². The average molecular weight is 142 g/mol. The van der Waals surface area contributed by atoms with Crippen molar-refractivity contribution in [2.24, 2.45) is 5.73 Å². The van der Waals surface area contributed by atoms with E-state index < -0.39 is 0 Å². The van der Waals surface area contributed by atoms with Crippen molar-refractivity contribution in [1.29, 1.82) is 0 Å². The Morgan fingerprint density at radius 1 is 1.60 bits per heavy atom. The minimum atomic E-state index is 0.0139. The molecule has 2 aliphatic rings. The van der Waals surface area contributed by atoms with Crippen LogP contribution in [0.4, 0.5) is 0 Å². The van der Waals surface area contributed by atoms with E-state index in [4.69, 9.17) is 10.5 Å². The number of hydrogen-bond acceptors (Lipinski definition) is 3. The number of ether oxygens (including phenoxy) is 1. The Labute approximate surface area is 60.9 Å². The minimum absolute atomic E-state index is 0.0139. The highest BCUT2D eigenvalue weighted by atomic mass is 16.5. The van der Waals surface area contributed by atoms with Gasteiger partial charge in [-0.1, -0.05) is 0 Å². The monoisotopic (exact) mass is 142 g/mol. The van der Waals surface area contributed by atoms with Crippen LogP contribution >= 0.6 is 0 Å². The van der Waals surface area contributed by atoms with Crippen molar-refractivity contribution in [3.63, 3.8) is 0 Å². The Morgan fingerprint density at radius 2 is 2.50 bits per heavy atom. The van der Waals surface area contributed by atoms with E-state index >= 15 is 0 Å². The molecule has 0 aliphatic carbocycles. The van der Waals surface area contributed by atoms with Gasteiger partial charge in [0.05, 0.1) is 5.60 Å². The summed E-state index contributed by atoms with van der Waals surface area (Å²) in [7, 11) is 0. The van der Waals surface area contributed by atoms with Crippen molar-refractivity contribution in [2.75, 3.05) is 19.7 Å². The lowest BCUT2D eigenvalue weighted by molar-refractivity contribution is 0.00964. The largest absolute Gasteiger partial charge is 0.372 e. The Kier molecular flexibility index (Phi) is 1.44. The highest BCUT2D eigenvalue weighted by molar-refractivity contribution is 5.02. The van der Waals surface area contributed by atoms with Gasteiger partial charge in [0.2, 0.25) is 0 Å². The predicted octanol–water partition coefficient (Wildman–Crippen LogP) is -0.534. The van der Waals surface area contributed by atoms with E-state index in [0.29, 0.717) is 0 Å². The van der Waals surface area contributed by atoms with Gasteiger partial charge in [-0.15, -0.1) is 0 Å². The molecule has 2 fully saturated rings. The fourth-order valence-corrected chi connectivity index (χ4v) is 1.91. The molecule has 2 rings (SSSR count). The van der Waals surface area contributed by atoms with E-state index in [1.807, 2.05) is 0 Å². The zero-order valence-corrected chi connectivity index (χ0v) is 6.10. The number of hydrogen-bond donors (Lipinski definition) is 2. The smallest absolute Gasteiger partial charge is 0.0969 e. The predicted molar refractivity (Wildman–Crippen MR) is 38.8 cm³/mol. The number of nitrogens with two attached hydrogens (primary N) is 1. The lowest BCUT2D eigenvalue weighted by Crippen LogP contribution is -2.46. The van der Waals surface area contributed by atoms with Crippen molar-refractivity contribution in [3.8, 4) is 0 Å². The first kappa shape index (κ1) is 6.58. The van der Waals surface area contributed by atoms with Crippen LogP contribution in [0.3, 0.4) is 0 Å². The molecule has 3 N–H and O–H groups in total. The first-order chi connectivity index (χ1) is 4.83. The third-order valence-electron chi connectivity index (χ3n) is 2.60. The van der Waals surface area contributed by atoms with Gasteiger partial charge in [0, 0.05) is 25.7 Å². The fraction of sp³-hybridized carbons (Fsp3) is 1.00. The van der Waals surface area contributed by atoms with E-state index in [0.717, 1.165) is 26.1 Å². The van der Waals surface area contributed by atoms with E-state index in [-0.39, 0.29) is 11.6 Å². The van der Waals surface area contributed by atoms with Crippen molar-refractivity contribution in [2.45, 2.75) is 24.5 Å². The Bertz CT molecular complexity index is 126. The summed E-state index contributed by atoms with van der Waals surface area (Å²) in [5, 5.41) is 3.25. The molecule has 0 radical (unpaired) electrons. The van der Waals surface area contributed by atoms with Gasteiger partial charge >= 0.3 is 0 Å². The summed E-state index contributed by atoms with van der Waals surface area (Å²) in [5.74, 6) is 0. The van der Waals surface area contributed by atoms with Gasteiger partial charge in [0.15, 0.2) is 0 Å². The molecule has 2 aliphatic heterocycles. The second-order valence-electron chi connectivity index (χ2n) is 3.25. The molecular weight excluding hydrogens is 128 g/mol. The van der Waals surface area contributed by atoms with Crippen LogP contribution < -0.4 is 11.1 Å². The Hall–Kier alpha value is -0.120. The lowest BCUT2D eigenvalue weighted by atomic mass is 9.95. The molecule has 0 aromatic rings. The summed E-state index contributed by atoms with van der Waals surface area (Å²) in [6.07, 6.45) is 2.32. The molecule has 58 valence electrons. The molecule has 0 saturated carbocycles. The SMILES string of the molecule is NC1CNCC12CCCO2. The zero-order valence-electron chi connectivity index (χ0n) is 6.10. The van der Waals surface area contributed by atoms with Gasteiger partial charge in [0.25, 0.3) is 0 Å². The second kappa shape index (κ2) is 2.19. The standard InChI is InChI=1S/C7H14N2O/c8-6-4-9-5-7(6)2-1-3-10-7/h6,9H,1-5,8H2. The third-order valence-corrected chi connectivity index (χ3v) is 2.60. The van der Waals surface area contributed by atoms with Gasteiger partial charge in [-0.05, 0) is 12.8 Å². The summed E-state index contributed by atoms with van der Waals surface area (Å²) in [4.78, 5) is 0. The molecule has 2 unspecified atom stereocenters. The Balaban J connectivity index is 2.11. The summed E-state index contributed by atoms with van der Waals surface area (Å²) in [6, 6.07) is 0.218. The van der Waals surface area contributed by atoms with Crippen LogP contribution in [0, 0.1) is 0 Å². The molecule has 0 aromatic carbocycles. The highest BCUT2D eigenvalue weighted by Gasteiger charge is 2.44. The van der Waals surface area contributed by atoms with E-state index in [2.05, 4.69) is 5.32 Å². The molecular formula is C7H14N2O. The van der Waals surface area contributed by atoms with Crippen molar-refractivity contribution in [3.05, 3.63) is 0 Å². The van der Waals surface area contributed by atoms with Crippen LogP contribution in [0.1, 0.15) is 12.8 Å². The maximum Gasteiger partial charge on any atom is 0.0969 e. The second-order valence-corrected chi connectivity index (χ2v) is 3.25. The molecule has 2 saturated heterocycles. The molecule has 2 heterocycles. The molecule has 3 nitrogen and oxygen atoms in total. The van der Waals surface area contributed by atoms with E-state index in [1.54, 1.807) is 0 Å². The molecule has 2 atom stereocenters. The number of rotatable bonds is 0. The van der Waals surface area contributed by atoms with Crippen LogP contribution in [0.5, 0.6) is 0 Å². The highest BCUT2D eigenvalue weighted by Crippen LogP contribution is 2.30. The topological polar surface area (TPSA) is 47.3 Å². The summed E-state index contributed by atoms with van der Waals surface area (Å²) >= 11 is 0. The molecule has 1 spiro atoms. The lowest BCUT2D eigenvalue weighted by Gasteiger charge is -2.25. The van der Waals surface area contributed by atoms with Crippen LogP contribution in [-0.2, 0) is 4.74 Å². The van der Waals surface area contributed by atoms with Gasteiger partial charge in [0.1, 0.15) is 0 Å². The minimum Gasteiger partial charge on any atom is -0.372 e. The molecule has 0 bridgehead atoms. The van der Waals surface area contributed by atoms with Crippen LogP contribution in [-0.4, -0.2) is 31.3 Å². The van der Waals surface area contributed by atoms with Gasteiger partial charge in [-0.25, -0.2) is 0 Å². The molecule has 0 amide bonds. The third kappa shape index (κ3) is 0.779. The molecule has 10 heavy (non-hydrogen) atoms. The van der Waals surface area contributed by atoms with Crippen LogP contribution in [0.15, 0.2) is 0 Å². The quantitative estimate of drug-likeness (QED) is 0.478. The summed E-state index contributed by atoms with van der Waals surface area (Å²) in [5.41, 5.74) is 5.90.